The van der Waals surface area contributed by atoms with E-state index in [-0.39, 0.29) is 6.23 Å². The third-order valence-electron chi connectivity index (χ3n) is 2.34. The van der Waals surface area contributed by atoms with Crippen molar-refractivity contribution < 1.29 is 9.47 Å². The number of nitrogens with one attached hydrogen (secondary N) is 1. The van der Waals surface area contributed by atoms with Crippen molar-refractivity contribution in [3.63, 3.8) is 0 Å². The second kappa shape index (κ2) is 5.37. The highest BCUT2D eigenvalue weighted by atomic mass is 16.5. The van der Waals surface area contributed by atoms with Crippen LogP contribution in [0.25, 0.3) is 0 Å². The van der Waals surface area contributed by atoms with E-state index in [1.165, 1.54) is 0 Å². The number of dihydropyridines is 1. The van der Waals surface area contributed by atoms with Gasteiger partial charge in [-0.25, -0.2) is 0 Å². The third-order valence-corrected chi connectivity index (χ3v) is 2.34. The first-order valence-electron chi connectivity index (χ1n) is 5.22. The minimum Gasteiger partial charge on any atom is -0.497 e. The molecule has 84 valence electrons. The Morgan fingerprint density at radius 3 is 2.62 bits per heavy atom. The summed E-state index contributed by atoms with van der Waals surface area (Å²) < 4.78 is 10.7. The van der Waals surface area contributed by atoms with E-state index < -0.39 is 0 Å². The van der Waals surface area contributed by atoms with E-state index in [0.717, 1.165) is 11.3 Å². The molecule has 0 radical (unpaired) electrons. The Morgan fingerprint density at radius 1 is 1.19 bits per heavy atom. The van der Waals surface area contributed by atoms with Crippen molar-refractivity contribution in [2.45, 2.75) is 12.8 Å². The summed E-state index contributed by atoms with van der Waals surface area (Å²) in [6.45, 7) is 0.583. The number of ether oxygens (including phenoxy) is 2. The monoisotopic (exact) mass is 217 g/mol. The van der Waals surface area contributed by atoms with E-state index in [4.69, 9.17) is 9.47 Å². The van der Waals surface area contributed by atoms with Crippen LogP contribution in [0, 0.1) is 0 Å². The molecule has 1 aliphatic rings. The molecule has 3 heteroatoms. The second-order valence-electron chi connectivity index (χ2n) is 3.49. The molecule has 0 spiro atoms. The minimum atomic E-state index is -0.0351. The van der Waals surface area contributed by atoms with Crippen LogP contribution in [0.15, 0.2) is 48.7 Å². The summed E-state index contributed by atoms with van der Waals surface area (Å²) in [6, 6.07) is 7.87. The van der Waals surface area contributed by atoms with Gasteiger partial charge in [0.1, 0.15) is 12.0 Å². The summed E-state index contributed by atoms with van der Waals surface area (Å²) in [7, 11) is 1.66. The SMILES string of the molecule is COc1ccc(COC2C=CC=CN2)cc1. The minimum absolute atomic E-state index is 0.0351. The molecule has 0 amide bonds. The highest BCUT2D eigenvalue weighted by molar-refractivity contribution is 5.26. The van der Waals surface area contributed by atoms with Gasteiger partial charge < -0.3 is 14.8 Å². The quantitative estimate of drug-likeness (QED) is 0.838. The first kappa shape index (κ1) is 10.8. The van der Waals surface area contributed by atoms with Crippen LogP contribution in [0.4, 0.5) is 0 Å². The molecule has 16 heavy (non-hydrogen) atoms. The second-order valence-corrected chi connectivity index (χ2v) is 3.49. The maximum atomic E-state index is 5.65. The first-order valence-corrected chi connectivity index (χ1v) is 5.22. The van der Waals surface area contributed by atoms with E-state index in [0.29, 0.717) is 6.61 Å². The fraction of sp³-hybridized carbons (Fsp3) is 0.231. The van der Waals surface area contributed by atoms with Crippen LogP contribution in [0.5, 0.6) is 5.75 Å². The molecule has 1 atom stereocenters. The number of allylic oxidation sites excluding steroid dienone is 2. The average Bonchev–Trinajstić information content (AvgIpc) is 2.38. The van der Waals surface area contributed by atoms with Crippen LogP contribution in [0.1, 0.15) is 5.56 Å². The van der Waals surface area contributed by atoms with E-state index in [1.54, 1.807) is 7.11 Å². The van der Waals surface area contributed by atoms with Crippen LogP contribution in [-0.2, 0) is 11.3 Å². The predicted octanol–water partition coefficient (Wildman–Crippen LogP) is 2.21. The van der Waals surface area contributed by atoms with E-state index in [2.05, 4.69) is 5.32 Å². The molecule has 0 aliphatic carbocycles. The van der Waals surface area contributed by atoms with Gasteiger partial charge in [-0.05, 0) is 36.0 Å². The van der Waals surface area contributed by atoms with Crippen molar-refractivity contribution in [1.29, 1.82) is 0 Å². The zero-order chi connectivity index (χ0) is 11.2. The molecule has 1 unspecified atom stereocenters. The van der Waals surface area contributed by atoms with Crippen LogP contribution < -0.4 is 10.1 Å². The van der Waals surface area contributed by atoms with Gasteiger partial charge in [0.15, 0.2) is 0 Å². The summed E-state index contributed by atoms with van der Waals surface area (Å²) in [5.74, 6) is 0.863. The molecule has 0 bridgehead atoms. The molecule has 1 N–H and O–H groups in total. The van der Waals surface area contributed by atoms with Crippen molar-refractivity contribution in [3.8, 4) is 5.75 Å². The van der Waals surface area contributed by atoms with Crippen molar-refractivity contribution in [3.05, 3.63) is 54.3 Å². The highest BCUT2D eigenvalue weighted by Crippen LogP contribution is 2.12. The van der Waals surface area contributed by atoms with Gasteiger partial charge in [0.05, 0.1) is 13.7 Å². The van der Waals surface area contributed by atoms with Crippen molar-refractivity contribution >= 4 is 0 Å². The first-order chi connectivity index (χ1) is 7.88. The Kier molecular flexibility index (Phi) is 3.62. The summed E-state index contributed by atoms with van der Waals surface area (Å²) in [5, 5.41) is 3.10. The Labute approximate surface area is 95.4 Å². The van der Waals surface area contributed by atoms with E-state index in [9.17, 15) is 0 Å². The predicted molar refractivity (Wildman–Crippen MR) is 63.0 cm³/mol. The molecule has 1 heterocycles. The molecule has 1 aliphatic heterocycles. The molecule has 0 saturated heterocycles. The smallest absolute Gasteiger partial charge is 0.147 e. The average molecular weight is 217 g/mol. The Hall–Kier alpha value is -1.74. The molecule has 0 saturated carbocycles. The van der Waals surface area contributed by atoms with Gasteiger partial charge in [-0.15, -0.1) is 0 Å². The summed E-state index contributed by atoms with van der Waals surface area (Å²) in [4.78, 5) is 0. The van der Waals surface area contributed by atoms with Crippen LogP contribution >= 0.6 is 0 Å². The summed E-state index contributed by atoms with van der Waals surface area (Å²) in [5.41, 5.74) is 1.13. The lowest BCUT2D eigenvalue weighted by molar-refractivity contribution is 0.0581. The lowest BCUT2D eigenvalue weighted by atomic mass is 10.2. The molecule has 0 fully saturated rings. The lowest BCUT2D eigenvalue weighted by Crippen LogP contribution is -2.26. The zero-order valence-electron chi connectivity index (χ0n) is 9.22. The van der Waals surface area contributed by atoms with Gasteiger partial charge in [-0.1, -0.05) is 18.2 Å². The van der Waals surface area contributed by atoms with Crippen LogP contribution in [-0.4, -0.2) is 13.3 Å². The molecule has 2 rings (SSSR count). The topological polar surface area (TPSA) is 30.5 Å². The third kappa shape index (κ3) is 2.87. The Morgan fingerprint density at radius 2 is 2.00 bits per heavy atom. The maximum absolute atomic E-state index is 5.65. The van der Waals surface area contributed by atoms with Crippen LogP contribution in [0.2, 0.25) is 0 Å². The maximum Gasteiger partial charge on any atom is 0.147 e. The lowest BCUT2D eigenvalue weighted by Gasteiger charge is -2.16. The van der Waals surface area contributed by atoms with E-state index in [1.807, 2.05) is 48.7 Å². The number of methoxy groups -OCH3 is 1. The molecule has 3 nitrogen and oxygen atoms in total. The molecular weight excluding hydrogens is 202 g/mol. The van der Waals surface area contributed by atoms with Crippen molar-refractivity contribution in [2.75, 3.05) is 7.11 Å². The fourth-order valence-corrected chi connectivity index (χ4v) is 1.44. The summed E-state index contributed by atoms with van der Waals surface area (Å²) >= 11 is 0. The van der Waals surface area contributed by atoms with Gasteiger partial charge in [0.25, 0.3) is 0 Å². The van der Waals surface area contributed by atoms with Crippen molar-refractivity contribution in [2.24, 2.45) is 0 Å². The fourth-order valence-electron chi connectivity index (χ4n) is 1.44. The van der Waals surface area contributed by atoms with Crippen LogP contribution in [0.3, 0.4) is 0 Å². The highest BCUT2D eigenvalue weighted by Gasteiger charge is 2.04. The number of benzene rings is 1. The Balaban J connectivity index is 1.84. The molecular formula is C13H15NO2. The van der Waals surface area contributed by atoms with Gasteiger partial charge >= 0.3 is 0 Å². The number of hydrogen-bond acceptors (Lipinski definition) is 3. The Bertz CT molecular complexity index is 381. The summed E-state index contributed by atoms with van der Waals surface area (Å²) in [6.07, 6.45) is 7.72. The van der Waals surface area contributed by atoms with Gasteiger partial charge in [-0.2, -0.15) is 0 Å². The van der Waals surface area contributed by atoms with Crippen molar-refractivity contribution in [1.82, 2.24) is 5.32 Å². The van der Waals surface area contributed by atoms with E-state index >= 15 is 0 Å². The number of rotatable bonds is 4. The van der Waals surface area contributed by atoms with Gasteiger partial charge in [0.2, 0.25) is 0 Å². The largest absolute Gasteiger partial charge is 0.497 e. The number of hydrogen-bond donors (Lipinski definition) is 1. The van der Waals surface area contributed by atoms with Gasteiger partial charge in [0, 0.05) is 0 Å². The molecule has 1 aromatic carbocycles. The standard InChI is InChI=1S/C13H15NO2/c1-15-12-7-5-11(6-8-12)10-16-13-4-2-3-9-14-13/h2-9,13-14H,10H2,1H3. The van der Waals surface area contributed by atoms with Gasteiger partial charge in [-0.3, -0.25) is 0 Å². The normalized spacial score (nSPS) is 18.2. The molecule has 1 aromatic rings. The zero-order valence-corrected chi connectivity index (χ0v) is 9.22. The molecule has 0 aromatic heterocycles.